The van der Waals surface area contributed by atoms with Gasteiger partial charge in [0.1, 0.15) is 11.9 Å². The lowest BCUT2D eigenvalue weighted by atomic mass is 9.89. The number of nitrogens with one attached hydrogen (secondary N) is 1. The topological polar surface area (TPSA) is 43.4 Å². The third-order valence-electron chi connectivity index (χ3n) is 2.81. The van der Waals surface area contributed by atoms with Gasteiger partial charge in [0, 0.05) is 12.1 Å². The zero-order chi connectivity index (χ0) is 11.4. The second-order valence-corrected chi connectivity index (χ2v) is 3.96. The van der Waals surface area contributed by atoms with Crippen LogP contribution in [0.25, 0.3) is 0 Å². The number of ether oxygens (including phenoxy) is 2. The van der Waals surface area contributed by atoms with E-state index >= 15 is 0 Å². The zero-order valence-electron chi connectivity index (χ0n) is 9.77. The lowest BCUT2D eigenvalue weighted by molar-refractivity contribution is 0.0837. The van der Waals surface area contributed by atoms with Gasteiger partial charge in [-0.05, 0) is 32.9 Å². The van der Waals surface area contributed by atoms with Gasteiger partial charge in [0.2, 0.25) is 5.88 Å². The van der Waals surface area contributed by atoms with Crippen LogP contribution in [0.5, 0.6) is 11.6 Å². The van der Waals surface area contributed by atoms with Crippen molar-refractivity contribution in [3.63, 3.8) is 0 Å². The molecular weight excluding hydrogens is 204 g/mol. The number of nitrogens with zero attached hydrogens (tertiary/aromatic N) is 1. The summed E-state index contributed by atoms with van der Waals surface area (Å²) in [6.07, 6.45) is 4.13. The minimum absolute atomic E-state index is 0.308. The molecule has 1 heterocycles. The van der Waals surface area contributed by atoms with Gasteiger partial charge in [0.25, 0.3) is 0 Å². The van der Waals surface area contributed by atoms with Crippen LogP contribution in [0.1, 0.15) is 19.8 Å². The van der Waals surface area contributed by atoms with Gasteiger partial charge in [-0.2, -0.15) is 0 Å². The monoisotopic (exact) mass is 222 g/mol. The molecule has 16 heavy (non-hydrogen) atoms. The molecular formula is C12H18N2O2. The van der Waals surface area contributed by atoms with Gasteiger partial charge in [-0.25, -0.2) is 4.98 Å². The van der Waals surface area contributed by atoms with Crippen LogP contribution in [0, 0.1) is 0 Å². The molecule has 0 aliphatic heterocycles. The van der Waals surface area contributed by atoms with Crippen molar-refractivity contribution in [3.8, 4) is 11.6 Å². The highest BCUT2D eigenvalue weighted by atomic mass is 16.5. The van der Waals surface area contributed by atoms with E-state index in [2.05, 4.69) is 10.3 Å². The molecule has 0 spiro atoms. The van der Waals surface area contributed by atoms with Crippen molar-refractivity contribution in [1.29, 1.82) is 0 Å². The van der Waals surface area contributed by atoms with Gasteiger partial charge < -0.3 is 14.8 Å². The van der Waals surface area contributed by atoms with Gasteiger partial charge in [0.05, 0.1) is 12.8 Å². The van der Waals surface area contributed by atoms with Gasteiger partial charge in [-0.3, -0.25) is 0 Å². The molecule has 1 N–H and O–H groups in total. The van der Waals surface area contributed by atoms with Gasteiger partial charge in [0.15, 0.2) is 0 Å². The van der Waals surface area contributed by atoms with Crippen molar-refractivity contribution in [1.82, 2.24) is 10.3 Å². The van der Waals surface area contributed by atoms with Gasteiger partial charge >= 0.3 is 0 Å². The lowest BCUT2D eigenvalue weighted by Gasteiger charge is -2.34. The van der Waals surface area contributed by atoms with Crippen molar-refractivity contribution in [3.05, 3.63) is 18.3 Å². The SMILES string of the molecule is CCOc1ccc(OC2CC(NC)C2)nc1. The van der Waals surface area contributed by atoms with Crippen molar-refractivity contribution in [2.24, 2.45) is 0 Å². The van der Waals surface area contributed by atoms with Crippen LogP contribution in [0.3, 0.4) is 0 Å². The number of hydrogen-bond donors (Lipinski definition) is 1. The summed E-state index contributed by atoms with van der Waals surface area (Å²) in [7, 11) is 1.98. The predicted octanol–water partition coefficient (Wildman–Crippen LogP) is 1.61. The fourth-order valence-electron chi connectivity index (χ4n) is 1.76. The summed E-state index contributed by atoms with van der Waals surface area (Å²) in [6, 6.07) is 4.35. The molecule has 1 saturated carbocycles. The average molecular weight is 222 g/mol. The van der Waals surface area contributed by atoms with Crippen LogP contribution in [0.15, 0.2) is 18.3 Å². The lowest BCUT2D eigenvalue weighted by Crippen LogP contribution is -2.45. The van der Waals surface area contributed by atoms with E-state index in [-0.39, 0.29) is 0 Å². The van der Waals surface area contributed by atoms with Gasteiger partial charge in [-0.1, -0.05) is 0 Å². The van der Waals surface area contributed by atoms with Crippen molar-refractivity contribution >= 4 is 0 Å². The quantitative estimate of drug-likeness (QED) is 0.822. The van der Waals surface area contributed by atoms with E-state index < -0.39 is 0 Å². The van der Waals surface area contributed by atoms with Gasteiger partial charge in [-0.15, -0.1) is 0 Å². The number of pyridine rings is 1. The first-order chi connectivity index (χ1) is 7.81. The largest absolute Gasteiger partial charge is 0.492 e. The van der Waals surface area contributed by atoms with Crippen LogP contribution < -0.4 is 14.8 Å². The molecule has 0 aromatic carbocycles. The number of aromatic nitrogens is 1. The van der Waals surface area contributed by atoms with E-state index in [4.69, 9.17) is 9.47 Å². The molecule has 4 nitrogen and oxygen atoms in total. The summed E-state index contributed by atoms with van der Waals surface area (Å²) in [5.74, 6) is 1.47. The fraction of sp³-hybridized carbons (Fsp3) is 0.583. The first-order valence-corrected chi connectivity index (χ1v) is 5.74. The summed E-state index contributed by atoms with van der Waals surface area (Å²) in [6.45, 7) is 2.62. The molecule has 88 valence electrons. The van der Waals surface area contributed by atoms with Crippen LogP contribution in [-0.4, -0.2) is 30.8 Å². The molecule has 0 bridgehead atoms. The first kappa shape index (κ1) is 11.2. The summed E-state index contributed by atoms with van der Waals surface area (Å²) < 4.78 is 11.0. The van der Waals surface area contributed by atoms with Crippen LogP contribution >= 0.6 is 0 Å². The Morgan fingerprint density at radius 2 is 2.25 bits per heavy atom. The summed E-state index contributed by atoms with van der Waals surface area (Å²) in [4.78, 5) is 4.20. The Labute approximate surface area is 96.0 Å². The molecule has 1 fully saturated rings. The van der Waals surface area contributed by atoms with Crippen LogP contribution in [-0.2, 0) is 0 Å². The highest BCUT2D eigenvalue weighted by molar-refractivity contribution is 5.23. The van der Waals surface area contributed by atoms with E-state index in [1.54, 1.807) is 6.20 Å². The molecule has 0 unspecified atom stereocenters. The highest BCUT2D eigenvalue weighted by Crippen LogP contribution is 2.25. The maximum absolute atomic E-state index is 5.71. The Bertz CT molecular complexity index is 320. The Balaban J connectivity index is 1.82. The number of rotatable bonds is 5. The molecule has 1 aromatic heterocycles. The van der Waals surface area contributed by atoms with Crippen molar-refractivity contribution < 1.29 is 9.47 Å². The summed E-state index contributed by atoms with van der Waals surface area (Å²) in [5.41, 5.74) is 0. The molecule has 0 radical (unpaired) electrons. The normalized spacial score (nSPS) is 23.6. The molecule has 1 aliphatic rings. The Morgan fingerprint density at radius 3 is 2.81 bits per heavy atom. The van der Waals surface area contributed by atoms with E-state index in [0.29, 0.717) is 24.6 Å². The second-order valence-electron chi connectivity index (χ2n) is 3.96. The molecule has 1 aliphatic carbocycles. The fourth-order valence-corrected chi connectivity index (χ4v) is 1.76. The molecule has 0 atom stereocenters. The minimum Gasteiger partial charge on any atom is -0.492 e. The van der Waals surface area contributed by atoms with E-state index in [1.807, 2.05) is 26.1 Å². The zero-order valence-corrected chi connectivity index (χ0v) is 9.77. The minimum atomic E-state index is 0.308. The maximum atomic E-state index is 5.71. The summed E-state index contributed by atoms with van der Waals surface area (Å²) >= 11 is 0. The Kier molecular flexibility index (Phi) is 3.62. The first-order valence-electron chi connectivity index (χ1n) is 5.74. The molecule has 1 aromatic rings. The molecule has 0 amide bonds. The third-order valence-corrected chi connectivity index (χ3v) is 2.81. The van der Waals surface area contributed by atoms with Crippen molar-refractivity contribution in [2.75, 3.05) is 13.7 Å². The summed E-state index contributed by atoms with van der Waals surface area (Å²) in [5, 5.41) is 3.22. The Morgan fingerprint density at radius 1 is 1.44 bits per heavy atom. The number of hydrogen-bond acceptors (Lipinski definition) is 4. The second kappa shape index (κ2) is 5.16. The Hall–Kier alpha value is -1.29. The highest BCUT2D eigenvalue weighted by Gasteiger charge is 2.29. The molecule has 2 rings (SSSR count). The van der Waals surface area contributed by atoms with E-state index in [0.717, 1.165) is 18.6 Å². The maximum Gasteiger partial charge on any atom is 0.213 e. The molecule has 4 heteroatoms. The third kappa shape index (κ3) is 2.64. The van der Waals surface area contributed by atoms with Crippen LogP contribution in [0.4, 0.5) is 0 Å². The van der Waals surface area contributed by atoms with Crippen LogP contribution in [0.2, 0.25) is 0 Å². The van der Waals surface area contributed by atoms with Crippen molar-refractivity contribution in [2.45, 2.75) is 31.9 Å². The molecule has 0 saturated heterocycles. The predicted molar refractivity (Wildman–Crippen MR) is 61.9 cm³/mol. The average Bonchev–Trinajstić information content (AvgIpc) is 2.25. The standard InChI is InChI=1S/C12H18N2O2/c1-3-15-10-4-5-12(14-8-10)16-11-6-9(7-11)13-2/h4-5,8-9,11,13H,3,6-7H2,1-2H3. The smallest absolute Gasteiger partial charge is 0.213 e. The van der Waals surface area contributed by atoms with E-state index in [9.17, 15) is 0 Å². The van der Waals surface area contributed by atoms with E-state index in [1.165, 1.54) is 0 Å².